The first-order valence-electron chi connectivity index (χ1n) is 6.31. The second-order valence-electron chi connectivity index (χ2n) is 4.86. The van der Waals surface area contributed by atoms with E-state index in [1.54, 1.807) is 12.4 Å². The van der Waals surface area contributed by atoms with E-state index < -0.39 is 0 Å². The Bertz CT molecular complexity index is 338. The standard InChI is InChI=1S/C13H21N3/c1-10-6-4-3-5-7-12(10)16-13-11(2)14-8-9-15-13/h8-10,12H,3-7H2,1-2H3,(H,15,16). The molecule has 16 heavy (non-hydrogen) atoms. The molecule has 1 N–H and O–H groups in total. The van der Waals surface area contributed by atoms with Crippen molar-refractivity contribution >= 4 is 5.82 Å². The summed E-state index contributed by atoms with van der Waals surface area (Å²) < 4.78 is 0. The van der Waals surface area contributed by atoms with E-state index >= 15 is 0 Å². The Morgan fingerprint density at radius 1 is 1.12 bits per heavy atom. The molecule has 3 nitrogen and oxygen atoms in total. The summed E-state index contributed by atoms with van der Waals surface area (Å²) in [6.45, 7) is 4.35. The van der Waals surface area contributed by atoms with Crippen LogP contribution in [0.25, 0.3) is 0 Å². The number of nitrogens with zero attached hydrogens (tertiary/aromatic N) is 2. The van der Waals surface area contributed by atoms with Crippen LogP contribution in [0.5, 0.6) is 0 Å². The van der Waals surface area contributed by atoms with Gasteiger partial charge in [-0.15, -0.1) is 0 Å². The van der Waals surface area contributed by atoms with E-state index in [9.17, 15) is 0 Å². The lowest BCUT2D eigenvalue weighted by atomic mass is 9.97. The highest BCUT2D eigenvalue weighted by molar-refractivity contribution is 5.39. The molecule has 0 radical (unpaired) electrons. The summed E-state index contributed by atoms with van der Waals surface area (Å²) in [5.74, 6) is 1.70. The Morgan fingerprint density at radius 2 is 1.88 bits per heavy atom. The molecule has 1 heterocycles. The van der Waals surface area contributed by atoms with Gasteiger partial charge in [-0.05, 0) is 25.7 Å². The Balaban J connectivity index is 2.05. The second-order valence-corrected chi connectivity index (χ2v) is 4.86. The minimum atomic E-state index is 0.568. The van der Waals surface area contributed by atoms with Crippen molar-refractivity contribution in [1.29, 1.82) is 0 Å². The maximum Gasteiger partial charge on any atom is 0.147 e. The lowest BCUT2D eigenvalue weighted by Gasteiger charge is -2.23. The Hall–Kier alpha value is -1.12. The largest absolute Gasteiger partial charge is 0.366 e. The van der Waals surface area contributed by atoms with Crippen molar-refractivity contribution in [3.63, 3.8) is 0 Å². The highest BCUT2D eigenvalue weighted by Gasteiger charge is 2.20. The van der Waals surface area contributed by atoms with Gasteiger partial charge in [-0.25, -0.2) is 4.98 Å². The predicted molar refractivity (Wildman–Crippen MR) is 66.4 cm³/mol. The zero-order chi connectivity index (χ0) is 11.4. The first kappa shape index (κ1) is 11.4. The first-order valence-corrected chi connectivity index (χ1v) is 6.31. The van der Waals surface area contributed by atoms with Gasteiger partial charge in [-0.3, -0.25) is 4.98 Å². The minimum absolute atomic E-state index is 0.568. The summed E-state index contributed by atoms with van der Waals surface area (Å²) in [5.41, 5.74) is 0.999. The molecule has 2 atom stereocenters. The van der Waals surface area contributed by atoms with Gasteiger partial charge in [0, 0.05) is 18.4 Å². The van der Waals surface area contributed by atoms with Crippen molar-refractivity contribution in [2.24, 2.45) is 5.92 Å². The highest BCUT2D eigenvalue weighted by atomic mass is 15.0. The van der Waals surface area contributed by atoms with Crippen LogP contribution >= 0.6 is 0 Å². The van der Waals surface area contributed by atoms with Crippen LogP contribution in [0.3, 0.4) is 0 Å². The molecule has 0 spiro atoms. The monoisotopic (exact) mass is 219 g/mol. The van der Waals surface area contributed by atoms with Crippen LogP contribution in [0.1, 0.15) is 44.7 Å². The van der Waals surface area contributed by atoms with Crippen LogP contribution in [-0.4, -0.2) is 16.0 Å². The molecule has 1 fully saturated rings. The van der Waals surface area contributed by atoms with E-state index in [-0.39, 0.29) is 0 Å². The number of nitrogens with one attached hydrogen (secondary N) is 1. The van der Waals surface area contributed by atoms with E-state index in [0.717, 1.165) is 17.4 Å². The van der Waals surface area contributed by atoms with Crippen LogP contribution in [0.15, 0.2) is 12.4 Å². The van der Waals surface area contributed by atoms with Gasteiger partial charge >= 0.3 is 0 Å². The zero-order valence-corrected chi connectivity index (χ0v) is 10.2. The molecule has 1 aromatic heterocycles. The van der Waals surface area contributed by atoms with Gasteiger partial charge in [0.05, 0.1) is 5.69 Å². The normalized spacial score (nSPS) is 26.1. The summed E-state index contributed by atoms with van der Waals surface area (Å²) >= 11 is 0. The van der Waals surface area contributed by atoms with Crippen molar-refractivity contribution in [3.8, 4) is 0 Å². The first-order chi connectivity index (χ1) is 7.77. The molecule has 2 rings (SSSR count). The van der Waals surface area contributed by atoms with Gasteiger partial charge in [-0.1, -0.05) is 26.2 Å². The summed E-state index contributed by atoms with van der Waals surface area (Å²) in [6.07, 6.45) is 10.2. The predicted octanol–water partition coefficient (Wildman–Crippen LogP) is 3.17. The van der Waals surface area contributed by atoms with Gasteiger partial charge < -0.3 is 5.32 Å². The van der Waals surface area contributed by atoms with Crippen LogP contribution in [-0.2, 0) is 0 Å². The van der Waals surface area contributed by atoms with Crippen molar-refractivity contribution < 1.29 is 0 Å². The molecule has 0 bridgehead atoms. The van der Waals surface area contributed by atoms with E-state index in [4.69, 9.17) is 0 Å². The number of aromatic nitrogens is 2. The maximum absolute atomic E-state index is 4.36. The molecule has 88 valence electrons. The lowest BCUT2D eigenvalue weighted by Crippen LogP contribution is -2.27. The van der Waals surface area contributed by atoms with Gasteiger partial charge in [-0.2, -0.15) is 0 Å². The third-order valence-corrected chi connectivity index (χ3v) is 3.56. The Morgan fingerprint density at radius 3 is 2.69 bits per heavy atom. The zero-order valence-electron chi connectivity index (χ0n) is 10.2. The van der Waals surface area contributed by atoms with Gasteiger partial charge in [0.2, 0.25) is 0 Å². The van der Waals surface area contributed by atoms with Gasteiger partial charge in [0.1, 0.15) is 5.82 Å². The molecule has 0 aromatic carbocycles. The fraction of sp³-hybridized carbons (Fsp3) is 0.692. The molecule has 1 saturated carbocycles. The highest BCUT2D eigenvalue weighted by Crippen LogP contribution is 2.25. The van der Waals surface area contributed by atoms with Crippen LogP contribution < -0.4 is 5.32 Å². The third kappa shape index (κ3) is 2.71. The summed E-state index contributed by atoms with van der Waals surface area (Å²) in [4.78, 5) is 8.63. The van der Waals surface area contributed by atoms with E-state index in [1.165, 1.54) is 32.1 Å². The average molecular weight is 219 g/mol. The average Bonchev–Trinajstić information content (AvgIpc) is 2.48. The number of hydrogen-bond acceptors (Lipinski definition) is 3. The number of aryl methyl sites for hydroxylation is 1. The summed E-state index contributed by atoms with van der Waals surface area (Å²) in [7, 11) is 0. The van der Waals surface area contributed by atoms with Crippen LogP contribution in [0, 0.1) is 12.8 Å². The Kier molecular flexibility index (Phi) is 3.75. The topological polar surface area (TPSA) is 37.8 Å². The van der Waals surface area contributed by atoms with E-state index in [2.05, 4.69) is 22.2 Å². The molecule has 3 heteroatoms. The molecular formula is C13H21N3. The fourth-order valence-electron chi connectivity index (χ4n) is 2.43. The minimum Gasteiger partial charge on any atom is -0.366 e. The lowest BCUT2D eigenvalue weighted by molar-refractivity contribution is 0.455. The summed E-state index contributed by atoms with van der Waals surface area (Å²) in [5, 5.41) is 3.57. The van der Waals surface area contributed by atoms with Crippen LogP contribution in [0.2, 0.25) is 0 Å². The fourth-order valence-corrected chi connectivity index (χ4v) is 2.43. The molecule has 0 amide bonds. The maximum atomic E-state index is 4.36. The van der Waals surface area contributed by atoms with Crippen molar-refractivity contribution in [2.75, 3.05) is 5.32 Å². The van der Waals surface area contributed by atoms with E-state index in [1.807, 2.05) is 6.92 Å². The second kappa shape index (κ2) is 5.28. The molecule has 2 unspecified atom stereocenters. The Labute approximate surface area is 97.7 Å². The molecule has 0 aliphatic heterocycles. The van der Waals surface area contributed by atoms with E-state index in [0.29, 0.717) is 6.04 Å². The van der Waals surface area contributed by atoms with Crippen molar-refractivity contribution in [1.82, 2.24) is 9.97 Å². The van der Waals surface area contributed by atoms with Crippen molar-refractivity contribution in [2.45, 2.75) is 52.0 Å². The van der Waals surface area contributed by atoms with Crippen molar-refractivity contribution in [3.05, 3.63) is 18.1 Å². The smallest absolute Gasteiger partial charge is 0.147 e. The SMILES string of the molecule is Cc1nccnc1NC1CCCCCC1C. The van der Waals surface area contributed by atoms with Gasteiger partial charge in [0.15, 0.2) is 0 Å². The molecule has 1 aliphatic rings. The molecule has 1 aromatic rings. The number of anilines is 1. The number of hydrogen-bond donors (Lipinski definition) is 1. The molecule has 1 aliphatic carbocycles. The van der Waals surface area contributed by atoms with Gasteiger partial charge in [0.25, 0.3) is 0 Å². The quantitative estimate of drug-likeness (QED) is 0.776. The molecule has 0 saturated heterocycles. The summed E-state index contributed by atoms with van der Waals surface area (Å²) in [6, 6.07) is 0.568. The molecular weight excluding hydrogens is 198 g/mol. The number of rotatable bonds is 2. The van der Waals surface area contributed by atoms with Crippen LogP contribution in [0.4, 0.5) is 5.82 Å². The third-order valence-electron chi connectivity index (χ3n) is 3.56.